The predicted molar refractivity (Wildman–Crippen MR) is 80.7 cm³/mol. The van der Waals surface area contributed by atoms with Gasteiger partial charge in [-0.1, -0.05) is 0 Å². The van der Waals surface area contributed by atoms with E-state index in [1.54, 1.807) is 0 Å². The number of hydrogen-bond acceptors (Lipinski definition) is 6. The molecule has 0 amide bonds. The zero-order valence-electron chi connectivity index (χ0n) is 12.5. The highest BCUT2D eigenvalue weighted by atomic mass is 16.5. The quantitative estimate of drug-likeness (QED) is 0.687. The van der Waals surface area contributed by atoms with E-state index >= 15 is 0 Å². The first-order valence-electron chi connectivity index (χ1n) is 6.62. The second kappa shape index (κ2) is 6.74. The van der Waals surface area contributed by atoms with Gasteiger partial charge < -0.3 is 14.6 Å². The Hall–Kier alpha value is -3.15. The Morgan fingerprint density at radius 2 is 1.35 bits per heavy atom. The first kappa shape index (κ1) is 16.2. The Labute approximate surface area is 132 Å². The fraction of sp³-hybridized carbons (Fsp3) is 0.118. The molecule has 0 heterocycles. The lowest BCUT2D eigenvalue weighted by atomic mass is 9.96. The van der Waals surface area contributed by atoms with Crippen molar-refractivity contribution in [3.8, 4) is 5.75 Å². The standard InChI is InChI=1S/C17H14O6/c1-22-16(20)11-5-8-13(14(9-11)17(21)23-2)15(19)10-3-6-12(18)7-4-10/h3-9,18H,1-2H3. The summed E-state index contributed by atoms with van der Waals surface area (Å²) in [6.45, 7) is 0. The molecule has 0 aliphatic rings. The molecule has 2 rings (SSSR count). The smallest absolute Gasteiger partial charge is 0.338 e. The fourth-order valence-corrected chi connectivity index (χ4v) is 2.03. The van der Waals surface area contributed by atoms with Crippen molar-refractivity contribution in [2.75, 3.05) is 14.2 Å². The zero-order valence-corrected chi connectivity index (χ0v) is 12.5. The lowest BCUT2D eigenvalue weighted by molar-refractivity contribution is 0.0596. The number of ether oxygens (including phenoxy) is 2. The second-order valence-electron chi connectivity index (χ2n) is 4.62. The Balaban J connectivity index is 2.52. The van der Waals surface area contributed by atoms with E-state index in [1.807, 2.05) is 0 Å². The van der Waals surface area contributed by atoms with Gasteiger partial charge in [0.15, 0.2) is 5.78 Å². The van der Waals surface area contributed by atoms with E-state index in [2.05, 4.69) is 9.47 Å². The van der Waals surface area contributed by atoms with Gasteiger partial charge in [-0.3, -0.25) is 4.79 Å². The van der Waals surface area contributed by atoms with Gasteiger partial charge in [0.05, 0.1) is 25.3 Å². The van der Waals surface area contributed by atoms with Crippen LogP contribution in [0.2, 0.25) is 0 Å². The molecule has 0 saturated carbocycles. The highest BCUT2D eigenvalue weighted by molar-refractivity contribution is 6.15. The predicted octanol–water partition coefficient (Wildman–Crippen LogP) is 2.20. The summed E-state index contributed by atoms with van der Waals surface area (Å²) in [5.74, 6) is -1.77. The summed E-state index contributed by atoms with van der Waals surface area (Å²) in [4.78, 5) is 36.0. The molecule has 6 heteroatoms. The lowest BCUT2D eigenvalue weighted by Crippen LogP contribution is -2.13. The van der Waals surface area contributed by atoms with Gasteiger partial charge in [0.25, 0.3) is 0 Å². The molecule has 118 valence electrons. The lowest BCUT2D eigenvalue weighted by Gasteiger charge is -2.09. The van der Waals surface area contributed by atoms with Crippen molar-refractivity contribution < 1.29 is 29.0 Å². The number of phenolic OH excluding ortho intramolecular Hbond substituents is 1. The topological polar surface area (TPSA) is 89.9 Å². The maximum atomic E-state index is 12.5. The van der Waals surface area contributed by atoms with E-state index < -0.39 is 17.7 Å². The van der Waals surface area contributed by atoms with Crippen LogP contribution in [-0.2, 0) is 9.47 Å². The van der Waals surface area contributed by atoms with E-state index in [-0.39, 0.29) is 22.4 Å². The number of carbonyl (C=O) groups excluding carboxylic acids is 3. The minimum Gasteiger partial charge on any atom is -0.508 e. The van der Waals surface area contributed by atoms with E-state index in [0.717, 1.165) is 0 Å². The van der Waals surface area contributed by atoms with Crippen LogP contribution in [0.25, 0.3) is 0 Å². The summed E-state index contributed by atoms with van der Waals surface area (Å²) in [6.07, 6.45) is 0. The van der Waals surface area contributed by atoms with Gasteiger partial charge >= 0.3 is 11.9 Å². The molecule has 1 N–H and O–H groups in total. The number of methoxy groups -OCH3 is 2. The Morgan fingerprint density at radius 1 is 0.783 bits per heavy atom. The zero-order chi connectivity index (χ0) is 17.0. The van der Waals surface area contributed by atoms with Crippen LogP contribution in [0.5, 0.6) is 5.75 Å². The van der Waals surface area contributed by atoms with Crippen molar-refractivity contribution in [3.63, 3.8) is 0 Å². The molecule has 23 heavy (non-hydrogen) atoms. The minimum atomic E-state index is -0.738. The van der Waals surface area contributed by atoms with Crippen molar-refractivity contribution >= 4 is 17.7 Å². The molecule has 2 aromatic carbocycles. The molecule has 2 aromatic rings. The van der Waals surface area contributed by atoms with Gasteiger partial charge in [0.2, 0.25) is 0 Å². The molecular weight excluding hydrogens is 300 g/mol. The fourth-order valence-electron chi connectivity index (χ4n) is 2.03. The molecule has 0 bridgehead atoms. The highest BCUT2D eigenvalue weighted by Crippen LogP contribution is 2.20. The monoisotopic (exact) mass is 314 g/mol. The number of phenols is 1. The van der Waals surface area contributed by atoms with Gasteiger partial charge in [0, 0.05) is 11.1 Å². The Morgan fingerprint density at radius 3 is 1.91 bits per heavy atom. The molecule has 0 fully saturated rings. The molecule has 0 radical (unpaired) electrons. The third kappa shape index (κ3) is 3.37. The summed E-state index contributed by atoms with van der Waals surface area (Å²) in [6, 6.07) is 9.63. The van der Waals surface area contributed by atoms with E-state index in [0.29, 0.717) is 5.56 Å². The first-order valence-corrected chi connectivity index (χ1v) is 6.62. The van der Waals surface area contributed by atoms with Gasteiger partial charge in [-0.05, 0) is 42.5 Å². The third-order valence-electron chi connectivity index (χ3n) is 3.22. The average Bonchev–Trinajstić information content (AvgIpc) is 2.59. The van der Waals surface area contributed by atoms with Crippen molar-refractivity contribution in [1.82, 2.24) is 0 Å². The molecule has 0 aliphatic heterocycles. The van der Waals surface area contributed by atoms with E-state index in [1.165, 1.54) is 56.7 Å². The van der Waals surface area contributed by atoms with Crippen LogP contribution in [-0.4, -0.2) is 37.0 Å². The highest BCUT2D eigenvalue weighted by Gasteiger charge is 2.21. The Bertz CT molecular complexity index is 761. The largest absolute Gasteiger partial charge is 0.508 e. The van der Waals surface area contributed by atoms with Crippen molar-refractivity contribution in [3.05, 3.63) is 64.7 Å². The summed E-state index contributed by atoms with van der Waals surface area (Å²) in [7, 11) is 2.40. The number of benzene rings is 2. The second-order valence-corrected chi connectivity index (χ2v) is 4.62. The summed E-state index contributed by atoms with van der Waals surface area (Å²) in [5, 5.41) is 9.28. The van der Waals surface area contributed by atoms with Crippen LogP contribution in [0.4, 0.5) is 0 Å². The number of rotatable bonds is 4. The molecule has 0 aliphatic carbocycles. The Kier molecular flexibility index (Phi) is 4.75. The van der Waals surface area contributed by atoms with Crippen molar-refractivity contribution in [2.45, 2.75) is 0 Å². The number of carbonyl (C=O) groups is 3. The average molecular weight is 314 g/mol. The first-order chi connectivity index (χ1) is 11.0. The van der Waals surface area contributed by atoms with Gasteiger partial charge in [0.1, 0.15) is 5.75 Å². The summed E-state index contributed by atoms with van der Waals surface area (Å²) < 4.78 is 9.27. The molecule has 0 saturated heterocycles. The minimum absolute atomic E-state index is 0.0239. The van der Waals surface area contributed by atoms with Crippen molar-refractivity contribution in [1.29, 1.82) is 0 Å². The molecular formula is C17H14O6. The van der Waals surface area contributed by atoms with E-state index in [9.17, 15) is 19.5 Å². The molecule has 0 aromatic heterocycles. The molecule has 0 spiro atoms. The van der Waals surface area contributed by atoms with Crippen LogP contribution in [0, 0.1) is 0 Å². The van der Waals surface area contributed by atoms with E-state index in [4.69, 9.17) is 0 Å². The van der Waals surface area contributed by atoms with Gasteiger partial charge in [-0.15, -0.1) is 0 Å². The number of esters is 2. The SMILES string of the molecule is COC(=O)c1ccc(C(=O)c2ccc(O)cc2)c(C(=O)OC)c1. The maximum absolute atomic E-state index is 12.5. The number of ketones is 1. The molecule has 0 unspecified atom stereocenters. The normalized spacial score (nSPS) is 10.0. The summed E-state index contributed by atoms with van der Waals surface area (Å²) >= 11 is 0. The van der Waals surface area contributed by atoms with Crippen LogP contribution < -0.4 is 0 Å². The molecule has 6 nitrogen and oxygen atoms in total. The van der Waals surface area contributed by atoms with Gasteiger partial charge in [-0.2, -0.15) is 0 Å². The number of aromatic hydroxyl groups is 1. The van der Waals surface area contributed by atoms with Crippen LogP contribution in [0.15, 0.2) is 42.5 Å². The number of hydrogen-bond donors (Lipinski definition) is 1. The third-order valence-corrected chi connectivity index (χ3v) is 3.22. The van der Waals surface area contributed by atoms with Crippen LogP contribution in [0.1, 0.15) is 36.6 Å². The van der Waals surface area contributed by atoms with Gasteiger partial charge in [-0.25, -0.2) is 9.59 Å². The molecule has 0 atom stereocenters. The summed E-state index contributed by atoms with van der Waals surface area (Å²) in [5.41, 5.74) is 0.484. The van der Waals surface area contributed by atoms with Crippen LogP contribution >= 0.6 is 0 Å². The maximum Gasteiger partial charge on any atom is 0.338 e. The van der Waals surface area contributed by atoms with Crippen LogP contribution in [0.3, 0.4) is 0 Å². The van der Waals surface area contributed by atoms with Crippen molar-refractivity contribution in [2.24, 2.45) is 0 Å².